The molecule has 0 aliphatic carbocycles. The van der Waals surface area contributed by atoms with Crippen molar-refractivity contribution in [3.8, 4) is 0 Å². The molecule has 0 spiro atoms. The molecule has 2 rings (SSSR count). The Morgan fingerprint density at radius 1 is 1.38 bits per heavy atom. The number of nitrogens with one attached hydrogen (secondary N) is 1. The highest BCUT2D eigenvalue weighted by atomic mass is 32.1. The predicted octanol–water partition coefficient (Wildman–Crippen LogP) is 3.03. The summed E-state index contributed by atoms with van der Waals surface area (Å²) in [7, 11) is 0. The van der Waals surface area contributed by atoms with E-state index in [4.69, 9.17) is 5.11 Å². The van der Waals surface area contributed by atoms with Crippen molar-refractivity contribution in [3.05, 3.63) is 51.5 Å². The van der Waals surface area contributed by atoms with E-state index in [2.05, 4.69) is 10.3 Å². The maximum atomic E-state index is 12.2. The van der Waals surface area contributed by atoms with Crippen molar-refractivity contribution < 1.29 is 14.7 Å². The van der Waals surface area contributed by atoms with Crippen LogP contribution in [0, 0.1) is 6.92 Å². The summed E-state index contributed by atoms with van der Waals surface area (Å²) in [5.74, 6) is -1.34. The van der Waals surface area contributed by atoms with Crippen LogP contribution in [0.1, 0.15) is 50.8 Å². The van der Waals surface area contributed by atoms with E-state index in [-0.39, 0.29) is 23.2 Å². The molecule has 0 saturated heterocycles. The molecule has 1 amide bonds. The molecular weight excluding hydrogens is 288 g/mol. The third kappa shape index (κ3) is 3.46. The van der Waals surface area contributed by atoms with E-state index in [1.54, 1.807) is 18.3 Å². The zero-order valence-electron chi connectivity index (χ0n) is 11.8. The Labute approximate surface area is 126 Å². The summed E-state index contributed by atoms with van der Waals surface area (Å²) in [6.07, 6.45) is 0.776. The molecule has 0 bridgehead atoms. The minimum Gasteiger partial charge on any atom is -0.478 e. The summed E-state index contributed by atoms with van der Waals surface area (Å²) < 4.78 is 0. The molecule has 2 aromatic rings. The summed E-state index contributed by atoms with van der Waals surface area (Å²) in [5.41, 5.74) is 0.670. The fraction of sp³-hybridized carbons (Fsp3) is 0.267. The molecule has 0 radical (unpaired) electrons. The van der Waals surface area contributed by atoms with Crippen LogP contribution in [0.25, 0.3) is 0 Å². The molecule has 0 saturated carbocycles. The Bertz CT molecular complexity index is 653. The van der Waals surface area contributed by atoms with Crippen molar-refractivity contribution in [2.24, 2.45) is 0 Å². The van der Waals surface area contributed by atoms with Gasteiger partial charge in [0.25, 0.3) is 5.91 Å². The van der Waals surface area contributed by atoms with E-state index in [1.807, 2.05) is 24.4 Å². The predicted molar refractivity (Wildman–Crippen MR) is 80.8 cm³/mol. The third-order valence-electron chi connectivity index (χ3n) is 3.15. The van der Waals surface area contributed by atoms with Gasteiger partial charge in [-0.1, -0.05) is 13.0 Å². The van der Waals surface area contributed by atoms with Gasteiger partial charge in [0.1, 0.15) is 5.69 Å². The number of aromatic carboxylic acids is 1. The number of carbonyl (C=O) groups is 2. The number of thiophene rings is 1. The SMILES string of the molecule is CCC(NC(=O)c1ccc(C(=O)O)c(C)n1)c1cccs1. The van der Waals surface area contributed by atoms with Crippen LogP contribution >= 0.6 is 11.3 Å². The van der Waals surface area contributed by atoms with Gasteiger partial charge in [0.15, 0.2) is 0 Å². The van der Waals surface area contributed by atoms with Gasteiger partial charge in [0.05, 0.1) is 17.3 Å². The molecule has 1 atom stereocenters. The van der Waals surface area contributed by atoms with Crippen molar-refractivity contribution in [3.63, 3.8) is 0 Å². The highest BCUT2D eigenvalue weighted by Crippen LogP contribution is 2.22. The summed E-state index contributed by atoms with van der Waals surface area (Å²) >= 11 is 1.59. The van der Waals surface area contributed by atoms with Crippen LogP contribution in [0.2, 0.25) is 0 Å². The first-order chi connectivity index (χ1) is 10.0. The number of hydrogen-bond acceptors (Lipinski definition) is 4. The standard InChI is InChI=1S/C15H16N2O3S/c1-3-11(13-5-4-8-21-13)17-14(18)12-7-6-10(15(19)20)9(2)16-12/h4-8,11H,3H2,1-2H3,(H,17,18)(H,19,20). The van der Waals surface area contributed by atoms with Gasteiger partial charge in [-0.15, -0.1) is 11.3 Å². The number of carboxylic acid groups (broad SMARTS) is 1. The second-order valence-corrected chi connectivity index (χ2v) is 5.56. The van der Waals surface area contributed by atoms with E-state index >= 15 is 0 Å². The van der Waals surface area contributed by atoms with Gasteiger partial charge in [-0.05, 0) is 36.9 Å². The number of pyridine rings is 1. The van der Waals surface area contributed by atoms with Gasteiger partial charge in [-0.25, -0.2) is 9.78 Å². The Hall–Kier alpha value is -2.21. The van der Waals surface area contributed by atoms with Crippen molar-refractivity contribution in [2.45, 2.75) is 26.3 Å². The topological polar surface area (TPSA) is 79.3 Å². The molecule has 0 aliphatic heterocycles. The number of amides is 1. The van der Waals surface area contributed by atoms with Gasteiger partial charge in [0, 0.05) is 4.88 Å². The van der Waals surface area contributed by atoms with E-state index in [0.717, 1.165) is 11.3 Å². The number of aryl methyl sites for hydroxylation is 1. The normalized spacial score (nSPS) is 11.9. The Morgan fingerprint density at radius 2 is 2.14 bits per heavy atom. The molecule has 5 nitrogen and oxygen atoms in total. The molecule has 0 fully saturated rings. The van der Waals surface area contributed by atoms with E-state index < -0.39 is 5.97 Å². The zero-order chi connectivity index (χ0) is 15.4. The van der Waals surface area contributed by atoms with Crippen LogP contribution in [0.5, 0.6) is 0 Å². The quantitative estimate of drug-likeness (QED) is 0.890. The summed E-state index contributed by atoms with van der Waals surface area (Å²) in [6, 6.07) is 6.71. The molecule has 110 valence electrons. The lowest BCUT2D eigenvalue weighted by molar-refractivity contribution is 0.0694. The van der Waals surface area contributed by atoms with Crippen LogP contribution < -0.4 is 5.32 Å². The Kier molecular flexibility index (Phi) is 4.70. The van der Waals surface area contributed by atoms with Crippen molar-refractivity contribution in [1.29, 1.82) is 0 Å². The van der Waals surface area contributed by atoms with Gasteiger partial charge in [0.2, 0.25) is 0 Å². The first-order valence-electron chi connectivity index (χ1n) is 6.58. The van der Waals surface area contributed by atoms with Gasteiger partial charge >= 0.3 is 5.97 Å². The van der Waals surface area contributed by atoms with Crippen molar-refractivity contribution >= 4 is 23.2 Å². The number of aromatic nitrogens is 1. The number of carbonyl (C=O) groups excluding carboxylic acids is 1. The molecule has 0 aromatic carbocycles. The molecule has 1 unspecified atom stereocenters. The van der Waals surface area contributed by atoms with Gasteiger partial charge in [-0.2, -0.15) is 0 Å². The van der Waals surface area contributed by atoms with Gasteiger partial charge in [-0.3, -0.25) is 4.79 Å². The molecule has 2 aromatic heterocycles. The molecule has 21 heavy (non-hydrogen) atoms. The van der Waals surface area contributed by atoms with Crippen LogP contribution in [0.4, 0.5) is 0 Å². The fourth-order valence-corrected chi connectivity index (χ4v) is 2.87. The van der Waals surface area contributed by atoms with Crippen LogP contribution in [-0.4, -0.2) is 22.0 Å². The van der Waals surface area contributed by atoms with Crippen molar-refractivity contribution in [1.82, 2.24) is 10.3 Å². The Morgan fingerprint density at radius 3 is 2.67 bits per heavy atom. The number of rotatable bonds is 5. The Balaban J connectivity index is 2.16. The second-order valence-electron chi connectivity index (χ2n) is 4.58. The molecule has 0 aliphatic rings. The summed E-state index contributed by atoms with van der Waals surface area (Å²) in [6.45, 7) is 3.58. The maximum absolute atomic E-state index is 12.2. The lowest BCUT2D eigenvalue weighted by Gasteiger charge is -2.15. The van der Waals surface area contributed by atoms with E-state index in [9.17, 15) is 9.59 Å². The lowest BCUT2D eigenvalue weighted by Crippen LogP contribution is -2.28. The molecule has 2 heterocycles. The highest BCUT2D eigenvalue weighted by molar-refractivity contribution is 7.10. The van der Waals surface area contributed by atoms with Gasteiger partial charge < -0.3 is 10.4 Å². The number of nitrogens with zero attached hydrogens (tertiary/aromatic N) is 1. The average Bonchev–Trinajstić information content (AvgIpc) is 2.97. The third-order valence-corrected chi connectivity index (χ3v) is 4.14. The zero-order valence-corrected chi connectivity index (χ0v) is 12.6. The van der Waals surface area contributed by atoms with Crippen LogP contribution in [0.3, 0.4) is 0 Å². The maximum Gasteiger partial charge on any atom is 0.337 e. The molecular formula is C15H16N2O3S. The first kappa shape index (κ1) is 15.2. The van der Waals surface area contributed by atoms with Crippen molar-refractivity contribution in [2.75, 3.05) is 0 Å². The minimum absolute atomic E-state index is 0.0567. The smallest absolute Gasteiger partial charge is 0.337 e. The van der Waals surface area contributed by atoms with E-state index in [0.29, 0.717) is 5.69 Å². The molecule has 6 heteroatoms. The minimum atomic E-state index is -1.04. The number of carboxylic acids is 1. The second kappa shape index (κ2) is 6.49. The highest BCUT2D eigenvalue weighted by Gasteiger charge is 2.17. The first-order valence-corrected chi connectivity index (χ1v) is 7.46. The lowest BCUT2D eigenvalue weighted by atomic mass is 10.1. The fourth-order valence-electron chi connectivity index (χ4n) is 2.01. The molecule has 2 N–H and O–H groups in total. The monoisotopic (exact) mass is 304 g/mol. The summed E-state index contributed by atoms with van der Waals surface area (Å²) in [4.78, 5) is 28.3. The largest absolute Gasteiger partial charge is 0.478 e. The average molecular weight is 304 g/mol. The van der Waals surface area contributed by atoms with Crippen LogP contribution in [-0.2, 0) is 0 Å². The van der Waals surface area contributed by atoms with Crippen LogP contribution in [0.15, 0.2) is 29.6 Å². The van der Waals surface area contributed by atoms with E-state index in [1.165, 1.54) is 12.1 Å². The number of hydrogen-bond donors (Lipinski definition) is 2. The summed E-state index contributed by atoms with van der Waals surface area (Å²) in [5, 5.41) is 13.9.